The second-order valence-electron chi connectivity index (χ2n) is 3.10. The van der Waals surface area contributed by atoms with Gasteiger partial charge in [0.2, 0.25) is 0 Å². The molecule has 4 nitrogen and oxygen atoms in total. The number of aromatic carboxylic acids is 1. The lowest BCUT2D eigenvalue weighted by Crippen LogP contribution is -1.95. The van der Waals surface area contributed by atoms with Gasteiger partial charge in [-0.05, 0) is 18.2 Å². The van der Waals surface area contributed by atoms with Crippen molar-refractivity contribution < 1.29 is 18.7 Å². The zero-order valence-corrected chi connectivity index (χ0v) is 7.87. The molecule has 16 heavy (non-hydrogen) atoms. The molecule has 0 aliphatic carbocycles. The van der Waals surface area contributed by atoms with Crippen molar-refractivity contribution in [3.8, 4) is 11.3 Å². The van der Waals surface area contributed by atoms with Crippen molar-refractivity contribution in [1.29, 1.82) is 0 Å². The third kappa shape index (κ3) is 1.77. The van der Waals surface area contributed by atoms with Crippen LogP contribution in [0.25, 0.3) is 11.3 Å². The lowest BCUT2D eigenvalue weighted by atomic mass is 10.1. The number of carbonyl (C=O) groups is 1. The average Bonchev–Trinajstić information content (AvgIpc) is 2.66. The van der Waals surface area contributed by atoms with Gasteiger partial charge in [0.1, 0.15) is 11.6 Å². The molecule has 2 aromatic rings. The molecular formula is C10H6F2N2O2. The van der Waals surface area contributed by atoms with E-state index in [0.29, 0.717) is 0 Å². The van der Waals surface area contributed by atoms with Crippen molar-refractivity contribution >= 4 is 5.97 Å². The summed E-state index contributed by atoms with van der Waals surface area (Å²) in [4.78, 5) is 10.5. The first-order chi connectivity index (χ1) is 7.58. The van der Waals surface area contributed by atoms with Crippen LogP contribution in [-0.2, 0) is 0 Å². The Balaban J connectivity index is 2.46. The molecule has 1 aromatic heterocycles. The number of aromatic nitrogens is 2. The Kier molecular flexibility index (Phi) is 2.40. The molecule has 0 amide bonds. The third-order valence-electron chi connectivity index (χ3n) is 2.02. The predicted octanol–water partition coefficient (Wildman–Crippen LogP) is 2.05. The standard InChI is InChI=1S/C10H6F2N2O2/c11-5-1-2-6(7(12)3-5)8-4-9(10(15)16)14-13-8/h1-4H,(H,13,14)(H,15,16). The highest BCUT2D eigenvalue weighted by atomic mass is 19.1. The van der Waals surface area contributed by atoms with Crippen LogP contribution in [0, 0.1) is 11.6 Å². The van der Waals surface area contributed by atoms with Crippen LogP contribution in [0.1, 0.15) is 10.5 Å². The SMILES string of the molecule is O=C(O)c1cc(-c2ccc(F)cc2F)[nH]n1. The van der Waals surface area contributed by atoms with Gasteiger partial charge in [-0.15, -0.1) is 0 Å². The molecule has 1 heterocycles. The maximum absolute atomic E-state index is 13.3. The quantitative estimate of drug-likeness (QED) is 0.820. The Bertz CT molecular complexity index is 552. The molecule has 0 saturated heterocycles. The Hall–Kier alpha value is -2.24. The van der Waals surface area contributed by atoms with Crippen LogP contribution >= 0.6 is 0 Å². The fraction of sp³-hybridized carbons (Fsp3) is 0. The number of aromatic amines is 1. The van der Waals surface area contributed by atoms with Crippen LogP contribution in [-0.4, -0.2) is 21.3 Å². The lowest BCUT2D eigenvalue weighted by Gasteiger charge is -1.98. The molecule has 0 aliphatic heterocycles. The van der Waals surface area contributed by atoms with Crippen molar-refractivity contribution in [2.24, 2.45) is 0 Å². The molecule has 2 rings (SSSR count). The van der Waals surface area contributed by atoms with Gasteiger partial charge < -0.3 is 5.11 Å². The predicted molar refractivity (Wildman–Crippen MR) is 50.9 cm³/mol. The minimum Gasteiger partial charge on any atom is -0.476 e. The molecule has 0 saturated carbocycles. The van der Waals surface area contributed by atoms with Gasteiger partial charge in [-0.3, -0.25) is 5.10 Å². The van der Waals surface area contributed by atoms with Gasteiger partial charge in [-0.2, -0.15) is 5.10 Å². The zero-order chi connectivity index (χ0) is 11.7. The Morgan fingerprint density at radius 3 is 2.62 bits per heavy atom. The molecule has 0 atom stereocenters. The number of halogens is 2. The van der Waals surface area contributed by atoms with Crippen LogP contribution in [0.4, 0.5) is 8.78 Å². The molecule has 0 radical (unpaired) electrons. The summed E-state index contributed by atoms with van der Waals surface area (Å²) in [6, 6.07) is 4.19. The van der Waals surface area contributed by atoms with Crippen molar-refractivity contribution in [1.82, 2.24) is 10.2 Å². The number of hydrogen-bond donors (Lipinski definition) is 2. The largest absolute Gasteiger partial charge is 0.476 e. The number of carboxylic acid groups (broad SMARTS) is 1. The summed E-state index contributed by atoms with van der Waals surface area (Å²) in [5.74, 6) is -2.69. The summed E-state index contributed by atoms with van der Waals surface area (Å²) in [5.41, 5.74) is 0.0371. The van der Waals surface area contributed by atoms with E-state index in [0.717, 1.165) is 12.1 Å². The van der Waals surface area contributed by atoms with E-state index in [1.807, 2.05) is 0 Å². The zero-order valence-electron chi connectivity index (χ0n) is 7.87. The van der Waals surface area contributed by atoms with Gasteiger partial charge in [0.05, 0.1) is 5.69 Å². The number of nitrogens with one attached hydrogen (secondary N) is 1. The number of benzene rings is 1. The highest BCUT2D eigenvalue weighted by molar-refractivity contribution is 5.86. The minimum atomic E-state index is -1.22. The molecule has 1 aromatic carbocycles. The number of hydrogen-bond acceptors (Lipinski definition) is 2. The molecule has 0 fully saturated rings. The first-order valence-corrected chi connectivity index (χ1v) is 4.32. The first kappa shape index (κ1) is 10.3. The number of rotatable bonds is 2. The fourth-order valence-electron chi connectivity index (χ4n) is 1.28. The topological polar surface area (TPSA) is 66.0 Å². The maximum atomic E-state index is 13.3. The highest BCUT2D eigenvalue weighted by Gasteiger charge is 2.12. The Labute approximate surface area is 88.5 Å². The van der Waals surface area contributed by atoms with Crippen molar-refractivity contribution in [2.45, 2.75) is 0 Å². The molecule has 2 N–H and O–H groups in total. The molecule has 0 unspecified atom stereocenters. The second kappa shape index (κ2) is 3.73. The smallest absolute Gasteiger partial charge is 0.356 e. The number of nitrogens with zero attached hydrogens (tertiary/aromatic N) is 1. The van der Waals surface area contributed by atoms with E-state index < -0.39 is 17.6 Å². The summed E-state index contributed by atoms with van der Waals surface area (Å²) in [5, 5.41) is 14.5. The van der Waals surface area contributed by atoms with Gasteiger partial charge in [-0.25, -0.2) is 13.6 Å². The van der Waals surface area contributed by atoms with Crippen LogP contribution in [0.15, 0.2) is 24.3 Å². The summed E-state index contributed by atoms with van der Waals surface area (Å²) >= 11 is 0. The van der Waals surface area contributed by atoms with Gasteiger partial charge >= 0.3 is 5.97 Å². The molecule has 0 spiro atoms. The second-order valence-corrected chi connectivity index (χ2v) is 3.10. The molecule has 6 heteroatoms. The molecular weight excluding hydrogens is 218 g/mol. The minimum absolute atomic E-state index is 0.0707. The average molecular weight is 224 g/mol. The van der Waals surface area contributed by atoms with Gasteiger partial charge in [0, 0.05) is 11.6 Å². The van der Waals surface area contributed by atoms with E-state index in [-0.39, 0.29) is 17.0 Å². The first-order valence-electron chi connectivity index (χ1n) is 4.32. The van der Waals surface area contributed by atoms with Crippen molar-refractivity contribution in [3.63, 3.8) is 0 Å². The van der Waals surface area contributed by atoms with E-state index in [4.69, 9.17) is 5.11 Å². The molecule has 82 valence electrons. The Morgan fingerprint density at radius 2 is 2.06 bits per heavy atom. The van der Waals surface area contributed by atoms with E-state index in [9.17, 15) is 13.6 Å². The van der Waals surface area contributed by atoms with Gasteiger partial charge in [0.25, 0.3) is 0 Å². The highest BCUT2D eigenvalue weighted by Crippen LogP contribution is 2.21. The van der Waals surface area contributed by atoms with E-state index in [1.54, 1.807) is 0 Å². The van der Waals surface area contributed by atoms with Gasteiger partial charge in [0.15, 0.2) is 5.69 Å². The van der Waals surface area contributed by atoms with Crippen LogP contribution in [0.2, 0.25) is 0 Å². The number of carboxylic acids is 1. The van der Waals surface area contributed by atoms with Crippen LogP contribution in [0.3, 0.4) is 0 Å². The maximum Gasteiger partial charge on any atom is 0.356 e. The third-order valence-corrected chi connectivity index (χ3v) is 2.02. The van der Waals surface area contributed by atoms with E-state index in [1.165, 1.54) is 12.1 Å². The Morgan fingerprint density at radius 1 is 1.31 bits per heavy atom. The summed E-state index contributed by atoms with van der Waals surface area (Å²) in [7, 11) is 0. The van der Waals surface area contributed by atoms with Crippen LogP contribution < -0.4 is 0 Å². The van der Waals surface area contributed by atoms with Gasteiger partial charge in [-0.1, -0.05) is 0 Å². The monoisotopic (exact) mass is 224 g/mol. The summed E-state index contributed by atoms with van der Waals surface area (Å²) < 4.78 is 25.9. The van der Waals surface area contributed by atoms with Crippen LogP contribution in [0.5, 0.6) is 0 Å². The molecule has 0 bridgehead atoms. The lowest BCUT2D eigenvalue weighted by molar-refractivity contribution is 0.0690. The summed E-state index contributed by atoms with van der Waals surface area (Å²) in [6.07, 6.45) is 0. The number of H-pyrrole nitrogens is 1. The van der Waals surface area contributed by atoms with E-state index in [2.05, 4.69) is 10.2 Å². The van der Waals surface area contributed by atoms with Crippen molar-refractivity contribution in [2.75, 3.05) is 0 Å². The summed E-state index contributed by atoms with van der Waals surface area (Å²) in [6.45, 7) is 0. The normalized spacial score (nSPS) is 10.4. The fourth-order valence-corrected chi connectivity index (χ4v) is 1.28. The van der Waals surface area contributed by atoms with Crippen molar-refractivity contribution in [3.05, 3.63) is 41.6 Å². The molecule has 0 aliphatic rings. The van der Waals surface area contributed by atoms with E-state index >= 15 is 0 Å².